The number of rotatable bonds is 43. The molecule has 1 fully saturated rings. The van der Waals surface area contributed by atoms with Crippen molar-refractivity contribution in [3.63, 3.8) is 0 Å². The van der Waals surface area contributed by atoms with Gasteiger partial charge in [0, 0.05) is 12.8 Å². The molecule has 11 nitrogen and oxygen atoms in total. The van der Waals surface area contributed by atoms with E-state index in [0.717, 1.165) is 83.5 Å². The van der Waals surface area contributed by atoms with E-state index in [-0.39, 0.29) is 24.9 Å². The monoisotopic (exact) mass is 918 g/mol. The average molecular weight is 918 g/mol. The number of unbranched alkanes of at least 4 members (excludes halogenated alkanes) is 22. The normalized spacial score (nSPS) is 20.3. The van der Waals surface area contributed by atoms with Crippen molar-refractivity contribution in [2.75, 3.05) is 19.8 Å². The third kappa shape index (κ3) is 34.3. The maximum absolute atomic E-state index is 12.9. The van der Waals surface area contributed by atoms with Crippen LogP contribution in [0.25, 0.3) is 0 Å². The van der Waals surface area contributed by atoms with Crippen LogP contribution >= 0.6 is 0 Å². The van der Waals surface area contributed by atoms with E-state index in [4.69, 9.17) is 14.2 Å². The Labute approximate surface area is 395 Å². The fraction of sp³-hybridized carbons (Fsp3) is 0.778. The molecule has 0 saturated carbocycles. The molecule has 1 rings (SSSR count). The Kier molecular flexibility index (Phi) is 40.8. The van der Waals surface area contributed by atoms with E-state index in [1.807, 2.05) is 19.1 Å². The fourth-order valence-corrected chi connectivity index (χ4v) is 7.70. The van der Waals surface area contributed by atoms with Crippen LogP contribution in [0, 0.1) is 0 Å². The van der Waals surface area contributed by atoms with Crippen molar-refractivity contribution in [1.29, 1.82) is 0 Å². The summed E-state index contributed by atoms with van der Waals surface area (Å²) < 4.78 is 16.6. The molecule has 0 aromatic carbocycles. The highest BCUT2D eigenvalue weighted by atomic mass is 16.7. The molecule has 0 aliphatic carbocycles. The molecule has 1 saturated heterocycles. The third-order valence-electron chi connectivity index (χ3n) is 11.9. The Morgan fingerprint density at radius 1 is 0.585 bits per heavy atom. The number of carbonyl (C=O) groups excluding carboxylic acids is 2. The summed E-state index contributed by atoms with van der Waals surface area (Å²) >= 11 is 0. The van der Waals surface area contributed by atoms with E-state index in [9.17, 15) is 35.1 Å². The van der Waals surface area contributed by atoms with Crippen molar-refractivity contribution in [2.24, 2.45) is 0 Å². The van der Waals surface area contributed by atoms with Gasteiger partial charge in [-0.15, -0.1) is 0 Å². The zero-order valence-corrected chi connectivity index (χ0v) is 40.9. The lowest BCUT2D eigenvalue weighted by Crippen LogP contribution is -2.60. The van der Waals surface area contributed by atoms with E-state index in [0.29, 0.717) is 25.9 Å². The standard InChI is InChI=1S/C54H95NO10/c1-3-5-7-9-11-13-14-15-16-17-18-19-22-26-30-34-38-42-50(59)63-43-39-35-31-27-23-20-21-25-29-33-37-41-49(58)55-46(47(57)40-36-32-28-24-12-10-8-6-4-2)45-64-54-53(62)52(61)51(60)48(44-56)65-54/h4,6,12,15-16,23-24,27,36,40,46-48,51-54,56-57,60-62H,3,5,7-11,13-14,17-22,25-26,28-35,37-39,41-45H2,1-2H3,(H,55,58)/b6-4+,16-15-,24-12+,27-23-,40-36+. The molecule has 1 aliphatic rings. The van der Waals surface area contributed by atoms with Gasteiger partial charge in [0.05, 0.1) is 32.0 Å². The summed E-state index contributed by atoms with van der Waals surface area (Å²) in [5.74, 6) is -0.295. The lowest BCUT2D eigenvalue weighted by Gasteiger charge is -2.40. The molecule has 376 valence electrons. The summed E-state index contributed by atoms with van der Waals surface area (Å²) in [4.78, 5) is 25.0. The largest absolute Gasteiger partial charge is 0.466 e. The second-order valence-electron chi connectivity index (χ2n) is 17.9. The SMILES string of the molecule is C/C=C/CC/C=C/CC/C=C/C(O)C(COC1OC(CO)C(O)C(O)C1O)NC(=O)CCCCCCC/C=C\CCCCOC(=O)CCCCCCCCC/C=C\CCCCCCCC. The quantitative estimate of drug-likeness (QED) is 0.0196. The zero-order valence-electron chi connectivity index (χ0n) is 40.9. The van der Waals surface area contributed by atoms with E-state index in [1.54, 1.807) is 6.08 Å². The van der Waals surface area contributed by atoms with Crippen molar-refractivity contribution in [3.8, 4) is 0 Å². The summed E-state index contributed by atoms with van der Waals surface area (Å²) in [6, 6.07) is -0.855. The van der Waals surface area contributed by atoms with Crippen LogP contribution in [0.4, 0.5) is 0 Å². The number of hydrogen-bond donors (Lipinski definition) is 6. The molecule has 0 bridgehead atoms. The predicted octanol–water partition coefficient (Wildman–Crippen LogP) is 10.7. The first-order chi connectivity index (χ1) is 31.7. The van der Waals surface area contributed by atoms with Gasteiger partial charge in [0.15, 0.2) is 6.29 Å². The summed E-state index contributed by atoms with van der Waals surface area (Å²) in [6.45, 7) is 3.95. The van der Waals surface area contributed by atoms with Crippen LogP contribution in [-0.4, -0.2) is 100 Å². The molecule has 7 atom stereocenters. The second kappa shape index (κ2) is 43.9. The molecule has 65 heavy (non-hydrogen) atoms. The number of allylic oxidation sites excluding steroid dienone is 9. The first-order valence-electron chi connectivity index (χ1n) is 26.0. The maximum Gasteiger partial charge on any atom is 0.305 e. The van der Waals surface area contributed by atoms with E-state index >= 15 is 0 Å². The molecule has 1 amide bonds. The van der Waals surface area contributed by atoms with Crippen molar-refractivity contribution >= 4 is 11.9 Å². The molecule has 1 aliphatic heterocycles. The Morgan fingerprint density at radius 2 is 1.06 bits per heavy atom. The van der Waals surface area contributed by atoms with Gasteiger partial charge in [-0.05, 0) is 103 Å². The first-order valence-corrected chi connectivity index (χ1v) is 26.0. The van der Waals surface area contributed by atoms with E-state index < -0.39 is 49.5 Å². The van der Waals surface area contributed by atoms with Crippen LogP contribution in [0.1, 0.15) is 206 Å². The third-order valence-corrected chi connectivity index (χ3v) is 11.9. The van der Waals surface area contributed by atoms with Gasteiger partial charge in [0.2, 0.25) is 5.91 Å². The van der Waals surface area contributed by atoms with Gasteiger partial charge in [-0.3, -0.25) is 9.59 Å². The highest BCUT2D eigenvalue weighted by Crippen LogP contribution is 2.22. The van der Waals surface area contributed by atoms with E-state index in [2.05, 4.69) is 54.8 Å². The Morgan fingerprint density at radius 3 is 1.62 bits per heavy atom. The molecule has 6 N–H and O–H groups in total. The molecule has 11 heteroatoms. The van der Waals surface area contributed by atoms with Gasteiger partial charge in [0.25, 0.3) is 0 Å². The van der Waals surface area contributed by atoms with Crippen LogP contribution in [-0.2, 0) is 23.8 Å². The highest BCUT2D eigenvalue weighted by Gasteiger charge is 2.44. The fourth-order valence-electron chi connectivity index (χ4n) is 7.70. The van der Waals surface area contributed by atoms with E-state index in [1.165, 1.54) is 83.5 Å². The minimum Gasteiger partial charge on any atom is -0.466 e. The van der Waals surface area contributed by atoms with Crippen LogP contribution in [0.2, 0.25) is 0 Å². The summed E-state index contributed by atoms with van der Waals surface area (Å²) in [5.41, 5.74) is 0. The number of carbonyl (C=O) groups is 2. The minimum atomic E-state index is -1.59. The summed E-state index contributed by atoms with van der Waals surface area (Å²) in [5, 5.41) is 54.0. The van der Waals surface area contributed by atoms with Gasteiger partial charge in [-0.2, -0.15) is 0 Å². The lowest BCUT2D eigenvalue weighted by molar-refractivity contribution is -0.302. The van der Waals surface area contributed by atoms with Gasteiger partial charge < -0.3 is 45.1 Å². The first kappa shape index (κ1) is 60.4. The second-order valence-corrected chi connectivity index (χ2v) is 17.9. The van der Waals surface area contributed by atoms with Gasteiger partial charge in [-0.1, -0.05) is 151 Å². The number of nitrogens with one attached hydrogen (secondary N) is 1. The van der Waals surface area contributed by atoms with Gasteiger partial charge in [0.1, 0.15) is 24.4 Å². The number of esters is 1. The lowest BCUT2D eigenvalue weighted by atomic mass is 9.99. The highest BCUT2D eigenvalue weighted by molar-refractivity contribution is 5.76. The summed E-state index contributed by atoms with van der Waals surface area (Å²) in [6.07, 6.45) is 44.8. The zero-order chi connectivity index (χ0) is 47.4. The Balaban J connectivity index is 2.15. The molecule has 7 unspecified atom stereocenters. The summed E-state index contributed by atoms with van der Waals surface area (Å²) in [7, 11) is 0. The Bertz CT molecular complexity index is 1270. The molecule has 0 aromatic rings. The van der Waals surface area contributed by atoms with Crippen molar-refractivity contribution < 1.29 is 49.3 Å². The predicted molar refractivity (Wildman–Crippen MR) is 264 cm³/mol. The maximum atomic E-state index is 12.9. The van der Waals surface area contributed by atoms with Crippen LogP contribution in [0.3, 0.4) is 0 Å². The molecular weight excluding hydrogens is 823 g/mol. The molecular formula is C54H95NO10. The number of aliphatic hydroxyl groups excluding tert-OH is 5. The van der Waals surface area contributed by atoms with Crippen LogP contribution < -0.4 is 5.32 Å². The Hall–Kier alpha value is -2.64. The number of aliphatic hydroxyl groups is 5. The van der Waals surface area contributed by atoms with Crippen molar-refractivity contribution in [2.45, 2.75) is 249 Å². The van der Waals surface area contributed by atoms with Crippen molar-refractivity contribution in [1.82, 2.24) is 5.32 Å². The average Bonchev–Trinajstić information content (AvgIpc) is 3.30. The minimum absolute atomic E-state index is 0.0643. The smallest absolute Gasteiger partial charge is 0.305 e. The van der Waals surface area contributed by atoms with Crippen molar-refractivity contribution in [3.05, 3.63) is 60.8 Å². The number of amides is 1. The van der Waals surface area contributed by atoms with Gasteiger partial charge in [-0.25, -0.2) is 0 Å². The molecule has 1 heterocycles. The molecule has 0 radical (unpaired) electrons. The van der Waals surface area contributed by atoms with Gasteiger partial charge >= 0.3 is 5.97 Å². The number of hydrogen-bond acceptors (Lipinski definition) is 10. The van der Waals surface area contributed by atoms with Crippen LogP contribution in [0.15, 0.2) is 60.8 Å². The topological polar surface area (TPSA) is 175 Å². The van der Waals surface area contributed by atoms with Crippen LogP contribution in [0.5, 0.6) is 0 Å². The molecule has 0 spiro atoms. The number of ether oxygens (including phenoxy) is 3. The molecule has 0 aromatic heterocycles.